The van der Waals surface area contributed by atoms with Crippen LogP contribution in [0.3, 0.4) is 0 Å². The molecule has 0 N–H and O–H groups in total. The minimum atomic E-state index is 0.834. The molecule has 4 nitrogen and oxygen atoms in total. The molecular formula is C21H17N3O. The summed E-state index contributed by atoms with van der Waals surface area (Å²) >= 11 is 0. The van der Waals surface area contributed by atoms with Crippen LogP contribution in [0.25, 0.3) is 28.2 Å². The van der Waals surface area contributed by atoms with Crippen molar-refractivity contribution in [3.05, 3.63) is 85.2 Å². The first-order chi connectivity index (χ1) is 12.3. The number of hydrogen-bond donors (Lipinski definition) is 0. The maximum atomic E-state index is 5.24. The molecule has 0 amide bonds. The van der Waals surface area contributed by atoms with E-state index in [0.29, 0.717) is 0 Å². The van der Waals surface area contributed by atoms with Crippen LogP contribution in [-0.4, -0.2) is 21.9 Å². The van der Waals surface area contributed by atoms with Crippen molar-refractivity contribution >= 4 is 0 Å². The normalized spacial score (nSPS) is 10.6. The van der Waals surface area contributed by atoms with E-state index in [1.54, 1.807) is 19.5 Å². The Kier molecular flexibility index (Phi) is 4.01. The van der Waals surface area contributed by atoms with Crippen molar-refractivity contribution in [2.24, 2.45) is 0 Å². The highest BCUT2D eigenvalue weighted by Gasteiger charge is 2.13. The topological polar surface area (TPSA) is 39.9 Å². The molecule has 4 heteroatoms. The van der Waals surface area contributed by atoms with Gasteiger partial charge in [-0.05, 0) is 54.6 Å². The Labute approximate surface area is 146 Å². The second-order valence-corrected chi connectivity index (χ2v) is 5.63. The first-order valence-electron chi connectivity index (χ1n) is 8.05. The molecule has 0 aliphatic carbocycles. The molecule has 2 aromatic heterocycles. The van der Waals surface area contributed by atoms with Crippen molar-refractivity contribution in [2.75, 3.05) is 7.11 Å². The molecular weight excluding hydrogens is 310 g/mol. The Bertz CT molecular complexity index is 904. The van der Waals surface area contributed by atoms with Crippen molar-refractivity contribution in [1.29, 1.82) is 0 Å². The standard InChI is InChI=1S/C21H17N3O/c1-25-19-9-7-16(8-10-19)20-15-21(17-11-13-22-14-12-17)24(23-20)18-5-3-2-4-6-18/h2-15H,1H3. The molecule has 0 radical (unpaired) electrons. The van der Waals surface area contributed by atoms with Crippen LogP contribution in [0.4, 0.5) is 0 Å². The Morgan fingerprint density at radius 1 is 0.800 bits per heavy atom. The van der Waals surface area contributed by atoms with E-state index in [1.807, 2.05) is 59.3 Å². The van der Waals surface area contributed by atoms with Gasteiger partial charge in [0.05, 0.1) is 24.2 Å². The van der Waals surface area contributed by atoms with Gasteiger partial charge in [0.15, 0.2) is 0 Å². The van der Waals surface area contributed by atoms with E-state index in [0.717, 1.165) is 34.0 Å². The summed E-state index contributed by atoms with van der Waals surface area (Å²) in [5.74, 6) is 0.834. The van der Waals surface area contributed by atoms with Gasteiger partial charge in [0.25, 0.3) is 0 Å². The van der Waals surface area contributed by atoms with Crippen LogP contribution in [0.1, 0.15) is 0 Å². The molecule has 0 saturated carbocycles. The molecule has 25 heavy (non-hydrogen) atoms. The van der Waals surface area contributed by atoms with Gasteiger partial charge in [-0.3, -0.25) is 4.98 Å². The van der Waals surface area contributed by atoms with Gasteiger partial charge >= 0.3 is 0 Å². The smallest absolute Gasteiger partial charge is 0.118 e. The van der Waals surface area contributed by atoms with E-state index in [9.17, 15) is 0 Å². The highest BCUT2D eigenvalue weighted by atomic mass is 16.5. The summed E-state index contributed by atoms with van der Waals surface area (Å²) in [7, 11) is 1.67. The number of ether oxygens (including phenoxy) is 1. The summed E-state index contributed by atoms with van der Waals surface area (Å²) in [6.07, 6.45) is 3.59. The Morgan fingerprint density at radius 3 is 2.20 bits per heavy atom. The maximum Gasteiger partial charge on any atom is 0.118 e. The minimum absolute atomic E-state index is 0.834. The minimum Gasteiger partial charge on any atom is -0.497 e. The van der Waals surface area contributed by atoms with Crippen LogP contribution >= 0.6 is 0 Å². The van der Waals surface area contributed by atoms with Crippen LogP contribution in [0, 0.1) is 0 Å². The summed E-state index contributed by atoms with van der Waals surface area (Å²) < 4.78 is 7.21. The number of hydrogen-bond acceptors (Lipinski definition) is 3. The first kappa shape index (κ1) is 15.1. The number of aromatic nitrogens is 3. The van der Waals surface area contributed by atoms with E-state index < -0.39 is 0 Å². The van der Waals surface area contributed by atoms with Crippen molar-refractivity contribution in [3.8, 4) is 34.0 Å². The van der Waals surface area contributed by atoms with Gasteiger partial charge in [-0.2, -0.15) is 5.10 Å². The largest absolute Gasteiger partial charge is 0.497 e. The van der Waals surface area contributed by atoms with Crippen molar-refractivity contribution < 1.29 is 4.74 Å². The van der Waals surface area contributed by atoms with Crippen molar-refractivity contribution in [3.63, 3.8) is 0 Å². The van der Waals surface area contributed by atoms with Crippen molar-refractivity contribution in [1.82, 2.24) is 14.8 Å². The maximum absolute atomic E-state index is 5.24. The van der Waals surface area contributed by atoms with Gasteiger partial charge in [-0.15, -0.1) is 0 Å². The average molecular weight is 327 g/mol. The van der Waals surface area contributed by atoms with E-state index in [1.165, 1.54) is 0 Å². The van der Waals surface area contributed by atoms with Gasteiger partial charge in [0.2, 0.25) is 0 Å². The fourth-order valence-electron chi connectivity index (χ4n) is 2.78. The quantitative estimate of drug-likeness (QED) is 0.549. The summed E-state index contributed by atoms with van der Waals surface area (Å²) in [5, 5.41) is 4.84. The highest BCUT2D eigenvalue weighted by Crippen LogP contribution is 2.29. The lowest BCUT2D eigenvalue weighted by atomic mass is 10.1. The molecule has 0 aliphatic heterocycles. The fourth-order valence-corrected chi connectivity index (χ4v) is 2.78. The summed E-state index contributed by atoms with van der Waals surface area (Å²) in [5.41, 5.74) is 5.09. The van der Waals surface area contributed by atoms with Gasteiger partial charge < -0.3 is 4.74 Å². The van der Waals surface area contributed by atoms with Gasteiger partial charge in [-0.1, -0.05) is 18.2 Å². The summed E-state index contributed by atoms with van der Waals surface area (Å²) in [6, 6.07) is 24.2. The number of pyridine rings is 1. The summed E-state index contributed by atoms with van der Waals surface area (Å²) in [4.78, 5) is 4.11. The van der Waals surface area contributed by atoms with Crippen LogP contribution in [-0.2, 0) is 0 Å². The molecule has 4 aromatic rings. The SMILES string of the molecule is COc1ccc(-c2cc(-c3ccncc3)n(-c3ccccc3)n2)cc1. The molecule has 122 valence electrons. The third-order valence-electron chi connectivity index (χ3n) is 4.07. The van der Waals surface area contributed by atoms with Gasteiger partial charge in [0.1, 0.15) is 5.75 Å². The van der Waals surface area contributed by atoms with Gasteiger partial charge in [-0.25, -0.2) is 4.68 Å². The lowest BCUT2D eigenvalue weighted by Gasteiger charge is -2.07. The number of rotatable bonds is 4. The molecule has 0 unspecified atom stereocenters. The van der Waals surface area contributed by atoms with Crippen LogP contribution in [0.15, 0.2) is 85.2 Å². The highest BCUT2D eigenvalue weighted by molar-refractivity contribution is 5.70. The zero-order chi connectivity index (χ0) is 17.1. The average Bonchev–Trinajstić information content (AvgIpc) is 3.15. The van der Waals surface area contributed by atoms with Crippen molar-refractivity contribution in [2.45, 2.75) is 0 Å². The molecule has 2 heterocycles. The molecule has 4 rings (SSSR count). The lowest BCUT2D eigenvalue weighted by molar-refractivity contribution is 0.415. The van der Waals surface area contributed by atoms with Crippen LogP contribution in [0.5, 0.6) is 5.75 Å². The molecule has 0 atom stereocenters. The Hall–Kier alpha value is -3.40. The number of methoxy groups -OCH3 is 1. The van der Waals surface area contributed by atoms with E-state index in [4.69, 9.17) is 9.84 Å². The second-order valence-electron chi connectivity index (χ2n) is 5.63. The lowest BCUT2D eigenvalue weighted by Crippen LogP contribution is -1.98. The molecule has 0 saturated heterocycles. The monoisotopic (exact) mass is 327 g/mol. The zero-order valence-electron chi connectivity index (χ0n) is 13.8. The predicted octanol–water partition coefficient (Wildman–Crippen LogP) is 4.61. The molecule has 0 spiro atoms. The number of benzene rings is 2. The summed E-state index contributed by atoms with van der Waals surface area (Å²) in [6.45, 7) is 0. The van der Waals surface area contributed by atoms with Crippen LogP contribution < -0.4 is 4.74 Å². The third-order valence-corrected chi connectivity index (χ3v) is 4.07. The second kappa shape index (κ2) is 6.61. The van der Waals surface area contributed by atoms with Crippen LogP contribution in [0.2, 0.25) is 0 Å². The molecule has 0 fully saturated rings. The van der Waals surface area contributed by atoms with Gasteiger partial charge in [0, 0.05) is 23.5 Å². The van der Waals surface area contributed by atoms with E-state index in [-0.39, 0.29) is 0 Å². The fraction of sp³-hybridized carbons (Fsp3) is 0.0476. The molecule has 0 aliphatic rings. The molecule has 2 aromatic carbocycles. The van der Waals surface area contributed by atoms with E-state index >= 15 is 0 Å². The Balaban J connectivity index is 1.86. The number of para-hydroxylation sites is 1. The molecule has 0 bridgehead atoms. The number of nitrogens with zero attached hydrogens (tertiary/aromatic N) is 3. The third kappa shape index (κ3) is 3.02. The van der Waals surface area contributed by atoms with E-state index in [2.05, 4.69) is 23.2 Å². The zero-order valence-corrected chi connectivity index (χ0v) is 13.8. The Morgan fingerprint density at radius 2 is 1.52 bits per heavy atom. The predicted molar refractivity (Wildman–Crippen MR) is 98.8 cm³/mol. The first-order valence-corrected chi connectivity index (χ1v) is 8.05.